The second-order valence-electron chi connectivity index (χ2n) is 6.75. The van der Waals surface area contributed by atoms with Gasteiger partial charge in [-0.2, -0.15) is 0 Å². The molecule has 0 spiro atoms. The molecule has 2 heterocycles. The molecule has 138 valence electrons. The zero-order valence-corrected chi connectivity index (χ0v) is 15.0. The molecular weight excluding hydrogens is 344 g/mol. The molecule has 7 heteroatoms. The van der Waals surface area contributed by atoms with Crippen molar-refractivity contribution in [3.8, 4) is 5.69 Å². The average molecular weight is 364 g/mol. The van der Waals surface area contributed by atoms with E-state index < -0.39 is 5.97 Å². The van der Waals surface area contributed by atoms with Gasteiger partial charge in [0, 0.05) is 43.1 Å². The van der Waals surface area contributed by atoms with Crippen molar-refractivity contribution >= 4 is 29.0 Å². The van der Waals surface area contributed by atoms with Crippen LogP contribution in [0.4, 0.5) is 5.69 Å². The van der Waals surface area contributed by atoms with Crippen molar-refractivity contribution < 1.29 is 14.7 Å². The minimum absolute atomic E-state index is 0.0661. The fraction of sp³-hybridized carbons (Fsp3) is 0.250. The maximum atomic E-state index is 11.8. The highest BCUT2D eigenvalue weighted by Crippen LogP contribution is 2.26. The lowest BCUT2D eigenvalue weighted by Crippen LogP contribution is -2.44. The first-order valence-corrected chi connectivity index (χ1v) is 8.82. The summed E-state index contributed by atoms with van der Waals surface area (Å²) >= 11 is 0. The lowest BCUT2D eigenvalue weighted by Gasteiger charge is -2.34. The highest BCUT2D eigenvalue weighted by atomic mass is 16.4. The summed E-state index contributed by atoms with van der Waals surface area (Å²) in [5, 5.41) is 9.63. The number of hydrogen-bond donors (Lipinski definition) is 1. The summed E-state index contributed by atoms with van der Waals surface area (Å²) in [4.78, 5) is 31.6. The first-order chi connectivity index (χ1) is 13.1. The maximum absolute atomic E-state index is 11.8. The van der Waals surface area contributed by atoms with Crippen molar-refractivity contribution in [2.45, 2.75) is 0 Å². The highest BCUT2D eigenvalue weighted by molar-refractivity contribution is 5.93. The van der Waals surface area contributed by atoms with Crippen molar-refractivity contribution in [2.75, 3.05) is 38.1 Å². The zero-order chi connectivity index (χ0) is 19.0. The number of anilines is 1. The van der Waals surface area contributed by atoms with Crippen molar-refractivity contribution in [1.29, 1.82) is 0 Å². The van der Waals surface area contributed by atoms with E-state index in [2.05, 4.69) is 21.8 Å². The summed E-state index contributed by atoms with van der Waals surface area (Å²) in [6.45, 7) is 3.85. The lowest BCUT2D eigenvalue weighted by atomic mass is 10.2. The number of aldehydes is 1. The van der Waals surface area contributed by atoms with Gasteiger partial charge in [-0.15, -0.1) is 0 Å². The molecule has 1 aliphatic rings. The van der Waals surface area contributed by atoms with Gasteiger partial charge >= 0.3 is 5.97 Å². The number of fused-ring (bicyclic) bond motifs is 1. The third kappa shape index (κ3) is 3.17. The Kier molecular flexibility index (Phi) is 4.37. The maximum Gasteiger partial charge on any atom is 0.372 e. The van der Waals surface area contributed by atoms with Gasteiger partial charge in [0.15, 0.2) is 0 Å². The Hall–Kier alpha value is -3.19. The second kappa shape index (κ2) is 6.85. The number of carboxylic acid groups (broad SMARTS) is 1. The molecule has 0 atom stereocenters. The summed E-state index contributed by atoms with van der Waals surface area (Å²) in [6.07, 6.45) is 0.729. The largest absolute Gasteiger partial charge is 0.475 e. The monoisotopic (exact) mass is 364 g/mol. The topological polar surface area (TPSA) is 78.7 Å². The molecule has 0 radical (unpaired) electrons. The van der Waals surface area contributed by atoms with E-state index in [1.165, 1.54) is 0 Å². The van der Waals surface area contributed by atoms with Crippen molar-refractivity contribution in [3.05, 3.63) is 53.9 Å². The van der Waals surface area contributed by atoms with Gasteiger partial charge in [0.1, 0.15) is 6.29 Å². The Morgan fingerprint density at radius 3 is 2.52 bits per heavy atom. The molecule has 27 heavy (non-hydrogen) atoms. The van der Waals surface area contributed by atoms with E-state index in [0.29, 0.717) is 16.6 Å². The van der Waals surface area contributed by atoms with Gasteiger partial charge in [-0.25, -0.2) is 9.78 Å². The Labute approximate surface area is 156 Å². The predicted molar refractivity (Wildman–Crippen MR) is 103 cm³/mol. The van der Waals surface area contributed by atoms with Crippen LogP contribution in [-0.2, 0) is 0 Å². The molecule has 1 fully saturated rings. The smallest absolute Gasteiger partial charge is 0.372 e. The third-order valence-electron chi connectivity index (χ3n) is 4.96. The molecule has 0 amide bonds. The number of carbonyl (C=O) groups is 2. The van der Waals surface area contributed by atoms with Gasteiger partial charge in [0.2, 0.25) is 5.82 Å². The van der Waals surface area contributed by atoms with Crippen molar-refractivity contribution in [3.63, 3.8) is 0 Å². The SMILES string of the molecule is CN1CCN(c2cccc(-n3c(C(=O)O)nc4cc(C=O)ccc43)c2)CC1. The van der Waals surface area contributed by atoms with Gasteiger partial charge in [0.05, 0.1) is 11.0 Å². The van der Waals surface area contributed by atoms with Crippen LogP contribution >= 0.6 is 0 Å². The van der Waals surface area contributed by atoms with E-state index in [4.69, 9.17) is 0 Å². The Bertz CT molecular complexity index is 1020. The van der Waals surface area contributed by atoms with Crippen molar-refractivity contribution in [1.82, 2.24) is 14.5 Å². The fourth-order valence-electron chi connectivity index (χ4n) is 3.47. The first-order valence-electron chi connectivity index (χ1n) is 8.82. The van der Waals surface area contributed by atoms with Crippen LogP contribution in [0.1, 0.15) is 21.0 Å². The van der Waals surface area contributed by atoms with Gasteiger partial charge in [0.25, 0.3) is 0 Å². The Morgan fingerprint density at radius 1 is 1.07 bits per heavy atom. The molecule has 2 aromatic carbocycles. The van der Waals surface area contributed by atoms with Crippen LogP contribution in [0.2, 0.25) is 0 Å². The van der Waals surface area contributed by atoms with Crippen LogP contribution in [0.25, 0.3) is 16.7 Å². The number of piperazine rings is 1. The number of benzene rings is 2. The number of imidazole rings is 1. The molecule has 0 saturated carbocycles. The molecular formula is C20H20N4O3. The van der Waals surface area contributed by atoms with E-state index in [1.54, 1.807) is 22.8 Å². The third-order valence-corrected chi connectivity index (χ3v) is 4.96. The number of aromatic carboxylic acids is 1. The highest BCUT2D eigenvalue weighted by Gasteiger charge is 2.20. The van der Waals surface area contributed by atoms with Gasteiger partial charge < -0.3 is 14.9 Å². The number of nitrogens with zero attached hydrogens (tertiary/aromatic N) is 4. The van der Waals surface area contributed by atoms with Crippen LogP contribution in [0.3, 0.4) is 0 Å². The number of likely N-dealkylation sites (N-methyl/N-ethyl adjacent to an activating group) is 1. The molecule has 0 unspecified atom stereocenters. The quantitative estimate of drug-likeness (QED) is 0.716. The molecule has 0 aliphatic carbocycles. The number of hydrogen-bond acceptors (Lipinski definition) is 5. The summed E-state index contributed by atoms with van der Waals surface area (Å²) in [5.41, 5.74) is 3.42. The molecule has 7 nitrogen and oxygen atoms in total. The normalized spacial score (nSPS) is 15.2. The zero-order valence-electron chi connectivity index (χ0n) is 15.0. The van der Waals surface area contributed by atoms with Crippen LogP contribution < -0.4 is 4.90 Å². The molecule has 3 aromatic rings. The van der Waals surface area contributed by atoms with E-state index in [1.807, 2.05) is 24.3 Å². The van der Waals surface area contributed by atoms with E-state index in [9.17, 15) is 14.7 Å². The molecule has 0 bridgehead atoms. The molecule has 1 saturated heterocycles. The molecule has 1 aliphatic heterocycles. The molecule has 1 N–H and O–H groups in total. The molecule has 1 aromatic heterocycles. The lowest BCUT2D eigenvalue weighted by molar-refractivity contribution is 0.0682. The summed E-state index contributed by atoms with van der Waals surface area (Å²) in [6, 6.07) is 12.9. The van der Waals surface area contributed by atoms with Crippen LogP contribution in [0.5, 0.6) is 0 Å². The number of carboxylic acids is 1. The standard InChI is InChI=1S/C20H20N4O3/c1-22-7-9-23(10-8-22)15-3-2-4-16(12-15)24-18-6-5-14(13-25)11-17(18)21-19(24)20(26)27/h2-6,11-13H,7-10H2,1H3,(H,26,27). The predicted octanol–water partition coefficient (Wildman–Crippen LogP) is 2.29. The van der Waals surface area contributed by atoms with Crippen molar-refractivity contribution in [2.24, 2.45) is 0 Å². The Morgan fingerprint density at radius 2 is 1.81 bits per heavy atom. The minimum atomic E-state index is -1.11. The molecule has 4 rings (SSSR count). The summed E-state index contributed by atoms with van der Waals surface area (Å²) in [5.74, 6) is -1.17. The minimum Gasteiger partial charge on any atom is -0.475 e. The summed E-state index contributed by atoms with van der Waals surface area (Å²) < 4.78 is 1.63. The fourth-order valence-corrected chi connectivity index (χ4v) is 3.47. The van der Waals surface area contributed by atoms with Gasteiger partial charge in [-0.1, -0.05) is 6.07 Å². The van der Waals surface area contributed by atoms with Gasteiger partial charge in [-0.3, -0.25) is 9.36 Å². The van der Waals surface area contributed by atoms with E-state index in [-0.39, 0.29) is 5.82 Å². The van der Waals surface area contributed by atoms with E-state index >= 15 is 0 Å². The first kappa shape index (κ1) is 17.2. The van der Waals surface area contributed by atoms with Crippen LogP contribution in [0, 0.1) is 0 Å². The summed E-state index contributed by atoms with van der Waals surface area (Å²) in [7, 11) is 2.11. The number of carbonyl (C=O) groups excluding carboxylic acids is 1. The van der Waals surface area contributed by atoms with Crippen LogP contribution in [-0.4, -0.2) is 65.0 Å². The second-order valence-corrected chi connectivity index (χ2v) is 6.75. The van der Waals surface area contributed by atoms with Gasteiger partial charge in [-0.05, 0) is 43.4 Å². The van der Waals surface area contributed by atoms with Crippen LogP contribution in [0.15, 0.2) is 42.5 Å². The average Bonchev–Trinajstić information content (AvgIpc) is 3.07. The number of aromatic nitrogens is 2. The van der Waals surface area contributed by atoms with E-state index in [0.717, 1.165) is 43.8 Å². The number of rotatable bonds is 4. The Balaban J connectivity index is 1.82.